The van der Waals surface area contributed by atoms with Gasteiger partial charge in [0.05, 0.1) is 23.6 Å². The molecule has 0 aromatic heterocycles. The molecule has 2 aliphatic rings. The number of allylic oxidation sites excluding steroid dienone is 4. The van der Waals surface area contributed by atoms with E-state index >= 15 is 0 Å². The molecule has 12 nitrogen and oxygen atoms in total. The zero-order valence-corrected chi connectivity index (χ0v) is 25.1. The highest BCUT2D eigenvalue weighted by Crippen LogP contribution is 2.28. The van der Waals surface area contributed by atoms with Gasteiger partial charge in [-0.15, -0.1) is 0 Å². The molecular formula is C30H41N3O9. The molecule has 0 aromatic rings. The van der Waals surface area contributed by atoms with Gasteiger partial charge in [0.25, 0.3) is 5.91 Å². The summed E-state index contributed by atoms with van der Waals surface area (Å²) in [5.74, 6) is -3.17. The van der Waals surface area contributed by atoms with Crippen molar-refractivity contribution >= 4 is 29.5 Å². The minimum atomic E-state index is -1.02. The van der Waals surface area contributed by atoms with Crippen LogP contribution in [0.15, 0.2) is 58.5 Å². The van der Waals surface area contributed by atoms with Gasteiger partial charge < -0.3 is 35.7 Å². The molecule has 1 heterocycles. The van der Waals surface area contributed by atoms with E-state index in [0.717, 1.165) is 6.08 Å². The largest absolute Gasteiger partial charge is 0.439 e. The quantitative estimate of drug-likeness (QED) is 0.282. The molecule has 0 fully saturated rings. The number of rotatable bonds is 4. The molecule has 3 amide bonds. The second kappa shape index (κ2) is 15.4. The van der Waals surface area contributed by atoms with Crippen LogP contribution in [0.1, 0.15) is 47.5 Å². The number of methoxy groups -OCH3 is 2. The van der Waals surface area contributed by atoms with Crippen LogP contribution in [0.4, 0.5) is 4.79 Å². The van der Waals surface area contributed by atoms with Gasteiger partial charge in [0, 0.05) is 44.3 Å². The minimum absolute atomic E-state index is 0.0439. The average molecular weight is 588 g/mol. The second-order valence-electron chi connectivity index (χ2n) is 10.6. The van der Waals surface area contributed by atoms with Crippen LogP contribution in [0.2, 0.25) is 0 Å². The van der Waals surface area contributed by atoms with Crippen molar-refractivity contribution in [2.45, 2.75) is 71.9 Å². The Morgan fingerprint density at radius 1 is 1.12 bits per heavy atom. The van der Waals surface area contributed by atoms with Crippen LogP contribution in [0.5, 0.6) is 0 Å². The van der Waals surface area contributed by atoms with Crippen LogP contribution in [0, 0.1) is 11.8 Å². The highest BCUT2D eigenvalue weighted by molar-refractivity contribution is 6.24. The van der Waals surface area contributed by atoms with Gasteiger partial charge in [0.15, 0.2) is 6.10 Å². The van der Waals surface area contributed by atoms with E-state index in [-0.39, 0.29) is 41.3 Å². The third kappa shape index (κ3) is 9.07. The fraction of sp³-hybridized carbons (Fsp3) is 0.500. The Morgan fingerprint density at radius 2 is 1.79 bits per heavy atom. The van der Waals surface area contributed by atoms with Crippen LogP contribution in [0.3, 0.4) is 0 Å². The number of aliphatic hydroxyl groups excluding tert-OH is 1. The lowest BCUT2D eigenvalue weighted by atomic mass is 9.85. The number of Topliss-reactive ketones (excluding diaryl/α,β-unsaturated/α-hetero) is 1. The van der Waals surface area contributed by atoms with Crippen LogP contribution in [-0.4, -0.2) is 73.2 Å². The molecule has 42 heavy (non-hydrogen) atoms. The summed E-state index contributed by atoms with van der Waals surface area (Å²) >= 11 is 0. The van der Waals surface area contributed by atoms with Gasteiger partial charge in [0.2, 0.25) is 17.5 Å². The fourth-order valence-electron chi connectivity index (χ4n) is 4.90. The topological polar surface area (TPSA) is 183 Å². The van der Waals surface area contributed by atoms with Crippen molar-refractivity contribution in [2.24, 2.45) is 17.6 Å². The summed E-state index contributed by atoms with van der Waals surface area (Å²) in [4.78, 5) is 62.9. The van der Waals surface area contributed by atoms with Gasteiger partial charge in [0.1, 0.15) is 6.10 Å². The van der Waals surface area contributed by atoms with Crippen molar-refractivity contribution in [1.82, 2.24) is 10.6 Å². The third-order valence-corrected chi connectivity index (χ3v) is 7.09. The first-order chi connectivity index (χ1) is 19.7. The van der Waals surface area contributed by atoms with Crippen LogP contribution >= 0.6 is 0 Å². The van der Waals surface area contributed by atoms with E-state index in [1.54, 1.807) is 26.0 Å². The molecule has 1 aliphatic heterocycles. The van der Waals surface area contributed by atoms with E-state index in [9.17, 15) is 29.1 Å². The first-order valence-electron chi connectivity index (χ1n) is 13.6. The molecule has 230 valence electrons. The average Bonchev–Trinajstić information content (AvgIpc) is 2.91. The van der Waals surface area contributed by atoms with Crippen LogP contribution in [0.25, 0.3) is 0 Å². The number of ketones is 2. The summed E-state index contributed by atoms with van der Waals surface area (Å²) in [7, 11) is 2.87. The van der Waals surface area contributed by atoms with Gasteiger partial charge in [-0.3, -0.25) is 19.2 Å². The van der Waals surface area contributed by atoms with Crippen molar-refractivity contribution < 1.29 is 43.3 Å². The zero-order valence-electron chi connectivity index (χ0n) is 25.1. The smallest absolute Gasteiger partial charge is 0.405 e. The first-order valence-corrected chi connectivity index (χ1v) is 13.6. The van der Waals surface area contributed by atoms with E-state index in [0.29, 0.717) is 5.57 Å². The Kier molecular flexibility index (Phi) is 12.6. The van der Waals surface area contributed by atoms with Gasteiger partial charge in [-0.05, 0) is 38.2 Å². The lowest BCUT2D eigenvalue weighted by molar-refractivity contribution is -0.122. The number of amides is 3. The van der Waals surface area contributed by atoms with E-state index < -0.39 is 59.8 Å². The Labute approximate surface area is 245 Å². The number of fused-ring (bicyclic) bond motifs is 2. The van der Waals surface area contributed by atoms with Crippen molar-refractivity contribution in [3.8, 4) is 0 Å². The number of hydrogen-bond acceptors (Lipinski definition) is 9. The Balaban J connectivity index is 2.64. The van der Waals surface area contributed by atoms with Crippen molar-refractivity contribution in [2.75, 3.05) is 14.2 Å². The molecule has 0 aromatic carbocycles. The molecule has 12 heteroatoms. The highest BCUT2D eigenvalue weighted by Gasteiger charge is 2.33. The van der Waals surface area contributed by atoms with E-state index in [1.807, 2.05) is 6.92 Å². The lowest BCUT2D eigenvalue weighted by Crippen LogP contribution is -2.38. The van der Waals surface area contributed by atoms with Crippen molar-refractivity contribution in [3.05, 3.63) is 58.5 Å². The van der Waals surface area contributed by atoms with Gasteiger partial charge in [-0.2, -0.15) is 0 Å². The number of carbonyl (C=O) groups excluding carboxylic acids is 5. The second-order valence-corrected chi connectivity index (χ2v) is 10.6. The SMILES string of the molecule is CO[C@H]1/C=C\C=C(/C)C(=O)NC2=CC(=O)C(NC(C)=O)=C(C[C@@H](C)C[C@H](OC)[C@H](O)[C@@H](C)/C=C(\C)[C@@H]1OC(N)=O)C2=O. The number of aliphatic hydroxyl groups is 1. The molecule has 0 unspecified atom stereocenters. The molecule has 0 spiro atoms. The molecule has 0 radical (unpaired) electrons. The molecule has 5 N–H and O–H groups in total. The van der Waals surface area contributed by atoms with Gasteiger partial charge >= 0.3 is 6.09 Å². The number of hydrogen-bond donors (Lipinski definition) is 4. The predicted octanol–water partition coefficient (Wildman–Crippen LogP) is 1.90. The predicted molar refractivity (Wildman–Crippen MR) is 153 cm³/mol. The van der Waals surface area contributed by atoms with E-state index in [4.69, 9.17) is 19.9 Å². The maximum Gasteiger partial charge on any atom is 0.405 e. The van der Waals surface area contributed by atoms with Gasteiger partial charge in [-0.1, -0.05) is 38.2 Å². The van der Waals surface area contributed by atoms with E-state index in [1.165, 1.54) is 40.2 Å². The standard InChI is InChI=1S/C30H41N3O9/c1-15-11-20-25(32-19(5)34)22(35)14-21(27(20)37)33-29(38)16(2)9-8-10-23(40-6)28(42-30(31)39)18(4)13-17(3)26(36)24(12-15)41-7/h8-10,13-15,17,23-24,26,28,36H,11-12H2,1-7H3,(H2,31,39)(H,32,34)(H,33,38)/b10-8-,16-9+,18-13+/t15-,17+,23+,24+,26-,28+/m1/s1. The Bertz CT molecular complexity index is 1240. The summed E-state index contributed by atoms with van der Waals surface area (Å²) in [6, 6.07) is 0. The van der Waals surface area contributed by atoms with Crippen molar-refractivity contribution in [3.63, 3.8) is 0 Å². The monoisotopic (exact) mass is 587 g/mol. The summed E-state index contributed by atoms with van der Waals surface area (Å²) in [5, 5.41) is 16.1. The number of nitrogens with two attached hydrogens (primary N) is 1. The molecule has 0 saturated heterocycles. The molecule has 0 saturated carbocycles. The Hall–Kier alpha value is -3.87. The van der Waals surface area contributed by atoms with Gasteiger partial charge in [-0.25, -0.2) is 4.79 Å². The zero-order chi connectivity index (χ0) is 31.7. The maximum absolute atomic E-state index is 13.5. The number of ether oxygens (including phenoxy) is 3. The first kappa shape index (κ1) is 34.3. The summed E-state index contributed by atoms with van der Waals surface area (Å²) in [6.45, 7) is 8.04. The van der Waals surface area contributed by atoms with E-state index in [2.05, 4.69) is 10.6 Å². The number of primary amides is 1. The third-order valence-electron chi connectivity index (χ3n) is 7.09. The summed E-state index contributed by atoms with van der Waals surface area (Å²) in [6.07, 6.45) is 3.15. The molecule has 6 atom stereocenters. The molecule has 2 rings (SSSR count). The minimum Gasteiger partial charge on any atom is -0.439 e. The normalized spacial score (nSPS) is 31.6. The molecule has 1 aliphatic carbocycles. The lowest BCUT2D eigenvalue weighted by Gasteiger charge is -2.30. The maximum atomic E-state index is 13.5. The van der Waals surface area contributed by atoms with Crippen LogP contribution < -0.4 is 16.4 Å². The number of nitrogens with one attached hydrogen (secondary N) is 2. The fourth-order valence-corrected chi connectivity index (χ4v) is 4.90. The number of carbonyl (C=O) groups is 5. The Morgan fingerprint density at radius 3 is 2.36 bits per heavy atom. The molecule has 2 bridgehead atoms. The van der Waals surface area contributed by atoms with Crippen molar-refractivity contribution in [1.29, 1.82) is 0 Å². The highest BCUT2D eigenvalue weighted by atomic mass is 16.6. The summed E-state index contributed by atoms with van der Waals surface area (Å²) < 4.78 is 16.5. The molecular weight excluding hydrogens is 546 g/mol. The summed E-state index contributed by atoms with van der Waals surface area (Å²) in [5.41, 5.74) is 5.76. The van der Waals surface area contributed by atoms with Crippen LogP contribution in [-0.2, 0) is 33.4 Å².